The summed E-state index contributed by atoms with van der Waals surface area (Å²) in [6.07, 6.45) is 2.77. The van der Waals surface area contributed by atoms with E-state index in [-0.39, 0.29) is 11.8 Å². The van der Waals surface area contributed by atoms with Crippen LogP contribution in [-0.2, 0) is 17.7 Å². The summed E-state index contributed by atoms with van der Waals surface area (Å²) in [7, 11) is 0. The summed E-state index contributed by atoms with van der Waals surface area (Å²) in [4.78, 5) is 32.2. The van der Waals surface area contributed by atoms with Gasteiger partial charge >= 0.3 is 0 Å². The molecular weight excluding hydrogens is 344 g/mol. The first-order chi connectivity index (χ1) is 13.1. The van der Waals surface area contributed by atoms with Crippen molar-refractivity contribution in [3.05, 3.63) is 47.0 Å². The van der Waals surface area contributed by atoms with E-state index in [1.165, 1.54) is 0 Å². The third kappa shape index (κ3) is 3.47. The molecule has 1 aromatic carbocycles. The van der Waals surface area contributed by atoms with Gasteiger partial charge in [0, 0.05) is 25.3 Å². The Bertz CT molecular complexity index is 868. The Morgan fingerprint density at radius 3 is 2.67 bits per heavy atom. The molecule has 7 nitrogen and oxygen atoms in total. The lowest BCUT2D eigenvalue weighted by atomic mass is 10.1. The molecule has 1 N–H and O–H groups in total. The summed E-state index contributed by atoms with van der Waals surface area (Å²) >= 11 is 0. The minimum Gasteiger partial charge on any atom is -0.378 e. The van der Waals surface area contributed by atoms with Gasteiger partial charge in [-0.3, -0.25) is 9.59 Å². The minimum absolute atomic E-state index is 0.0982. The molecule has 27 heavy (non-hydrogen) atoms. The van der Waals surface area contributed by atoms with Gasteiger partial charge in [-0.1, -0.05) is 18.2 Å². The number of amides is 2. The van der Waals surface area contributed by atoms with E-state index in [0.717, 1.165) is 42.8 Å². The van der Waals surface area contributed by atoms with Crippen molar-refractivity contribution in [2.24, 2.45) is 0 Å². The number of benzene rings is 1. The molecule has 4 rings (SSSR count). The van der Waals surface area contributed by atoms with Gasteiger partial charge in [-0.05, 0) is 37.8 Å². The normalized spacial score (nSPS) is 16.7. The summed E-state index contributed by atoms with van der Waals surface area (Å²) in [5.41, 5.74) is 3.05. The van der Waals surface area contributed by atoms with Gasteiger partial charge in [0.05, 0.1) is 18.9 Å². The Kier molecular flexibility index (Phi) is 4.94. The van der Waals surface area contributed by atoms with Crippen LogP contribution in [0.15, 0.2) is 24.3 Å². The van der Waals surface area contributed by atoms with E-state index in [1.54, 1.807) is 4.90 Å². The molecule has 7 heteroatoms. The number of fused-ring (bicyclic) bond motifs is 1. The predicted molar refractivity (Wildman–Crippen MR) is 101 cm³/mol. The van der Waals surface area contributed by atoms with Crippen molar-refractivity contribution in [3.63, 3.8) is 0 Å². The van der Waals surface area contributed by atoms with E-state index in [1.807, 2.05) is 35.8 Å². The SMILES string of the molecule is Cc1ccccc1NC(=O)c1nc(C(=O)N2CCOCC2)c2n1CCCC2. The quantitative estimate of drug-likeness (QED) is 0.902. The number of anilines is 1. The highest BCUT2D eigenvalue weighted by Crippen LogP contribution is 2.24. The third-order valence-electron chi connectivity index (χ3n) is 5.22. The molecule has 0 saturated carbocycles. The first-order valence-corrected chi connectivity index (χ1v) is 9.48. The molecule has 1 fully saturated rings. The molecule has 1 saturated heterocycles. The predicted octanol–water partition coefficient (Wildman–Crippen LogP) is 2.25. The topological polar surface area (TPSA) is 76.5 Å². The molecular formula is C20H24N4O3. The average Bonchev–Trinajstić information content (AvgIpc) is 3.10. The fourth-order valence-corrected chi connectivity index (χ4v) is 3.70. The summed E-state index contributed by atoms with van der Waals surface area (Å²) < 4.78 is 7.26. The van der Waals surface area contributed by atoms with Gasteiger partial charge in [0.1, 0.15) is 5.69 Å². The highest BCUT2D eigenvalue weighted by atomic mass is 16.5. The number of rotatable bonds is 3. The fourth-order valence-electron chi connectivity index (χ4n) is 3.70. The van der Waals surface area contributed by atoms with Crippen LogP contribution in [0.2, 0.25) is 0 Å². The lowest BCUT2D eigenvalue weighted by Gasteiger charge is -2.26. The lowest BCUT2D eigenvalue weighted by molar-refractivity contribution is 0.0298. The maximum absolute atomic E-state index is 13.0. The van der Waals surface area contributed by atoms with Gasteiger partial charge in [-0.25, -0.2) is 4.98 Å². The van der Waals surface area contributed by atoms with Crippen LogP contribution in [0.4, 0.5) is 5.69 Å². The summed E-state index contributed by atoms with van der Waals surface area (Å²) in [6.45, 7) is 4.88. The van der Waals surface area contributed by atoms with E-state index in [4.69, 9.17) is 4.74 Å². The molecule has 2 aromatic rings. The van der Waals surface area contributed by atoms with Crippen molar-refractivity contribution in [3.8, 4) is 0 Å². The zero-order valence-electron chi connectivity index (χ0n) is 15.5. The maximum Gasteiger partial charge on any atom is 0.291 e. The van der Waals surface area contributed by atoms with Crippen molar-refractivity contribution < 1.29 is 14.3 Å². The number of morpholine rings is 1. The second-order valence-electron chi connectivity index (χ2n) is 7.01. The van der Waals surface area contributed by atoms with Crippen LogP contribution >= 0.6 is 0 Å². The molecule has 2 amide bonds. The molecule has 142 valence electrons. The van der Waals surface area contributed by atoms with E-state index in [0.29, 0.717) is 37.8 Å². The highest BCUT2D eigenvalue weighted by molar-refractivity contribution is 6.04. The van der Waals surface area contributed by atoms with Crippen molar-refractivity contribution >= 4 is 17.5 Å². The van der Waals surface area contributed by atoms with Crippen LogP contribution in [0.1, 0.15) is 45.2 Å². The average molecular weight is 368 g/mol. The van der Waals surface area contributed by atoms with Gasteiger partial charge in [-0.2, -0.15) is 0 Å². The number of hydrogen-bond donors (Lipinski definition) is 1. The van der Waals surface area contributed by atoms with Crippen molar-refractivity contribution in [2.45, 2.75) is 32.7 Å². The monoisotopic (exact) mass is 368 g/mol. The van der Waals surface area contributed by atoms with E-state index < -0.39 is 0 Å². The van der Waals surface area contributed by atoms with E-state index >= 15 is 0 Å². The van der Waals surface area contributed by atoms with E-state index in [2.05, 4.69) is 10.3 Å². The Morgan fingerprint density at radius 1 is 1.11 bits per heavy atom. The van der Waals surface area contributed by atoms with Gasteiger partial charge in [0.15, 0.2) is 5.82 Å². The number of para-hydroxylation sites is 1. The number of aryl methyl sites for hydroxylation is 1. The number of hydrogen-bond acceptors (Lipinski definition) is 4. The number of carbonyl (C=O) groups excluding carboxylic acids is 2. The Morgan fingerprint density at radius 2 is 1.89 bits per heavy atom. The first kappa shape index (κ1) is 17.7. The summed E-state index contributed by atoms with van der Waals surface area (Å²) in [5, 5.41) is 2.94. The second-order valence-corrected chi connectivity index (χ2v) is 7.01. The Hall–Kier alpha value is -2.67. The minimum atomic E-state index is -0.270. The lowest BCUT2D eigenvalue weighted by Crippen LogP contribution is -2.41. The van der Waals surface area contributed by atoms with Gasteiger partial charge in [-0.15, -0.1) is 0 Å². The van der Waals surface area contributed by atoms with Crippen molar-refractivity contribution in [2.75, 3.05) is 31.6 Å². The van der Waals surface area contributed by atoms with Gasteiger partial charge in [0.25, 0.3) is 11.8 Å². The largest absolute Gasteiger partial charge is 0.378 e. The molecule has 0 spiro atoms. The molecule has 0 bridgehead atoms. The first-order valence-electron chi connectivity index (χ1n) is 9.48. The summed E-state index contributed by atoms with van der Waals surface area (Å²) in [5.74, 6) is -0.0445. The highest BCUT2D eigenvalue weighted by Gasteiger charge is 2.30. The van der Waals surface area contributed by atoms with Crippen LogP contribution < -0.4 is 5.32 Å². The molecule has 0 unspecified atom stereocenters. The Balaban J connectivity index is 1.65. The number of aromatic nitrogens is 2. The molecule has 0 atom stereocenters. The third-order valence-corrected chi connectivity index (χ3v) is 5.22. The zero-order chi connectivity index (χ0) is 18.8. The van der Waals surface area contributed by atoms with Crippen molar-refractivity contribution in [1.29, 1.82) is 0 Å². The van der Waals surface area contributed by atoms with Crippen molar-refractivity contribution in [1.82, 2.24) is 14.5 Å². The molecule has 0 radical (unpaired) electrons. The molecule has 2 aliphatic rings. The molecule has 2 aliphatic heterocycles. The number of imidazole rings is 1. The smallest absolute Gasteiger partial charge is 0.291 e. The maximum atomic E-state index is 13.0. The zero-order valence-corrected chi connectivity index (χ0v) is 15.5. The summed E-state index contributed by atoms with van der Waals surface area (Å²) in [6, 6.07) is 7.63. The Labute approximate surface area is 158 Å². The number of ether oxygens (including phenoxy) is 1. The molecule has 0 aliphatic carbocycles. The number of carbonyl (C=O) groups is 2. The van der Waals surface area contributed by atoms with Crippen LogP contribution in [0.5, 0.6) is 0 Å². The number of nitrogens with zero attached hydrogens (tertiary/aromatic N) is 3. The second kappa shape index (κ2) is 7.52. The van der Waals surface area contributed by atoms with Crippen LogP contribution in [0.3, 0.4) is 0 Å². The molecule has 1 aromatic heterocycles. The van der Waals surface area contributed by atoms with Crippen LogP contribution in [0.25, 0.3) is 0 Å². The van der Waals surface area contributed by atoms with Gasteiger partial charge < -0.3 is 19.5 Å². The fraction of sp³-hybridized carbons (Fsp3) is 0.450. The number of nitrogens with one attached hydrogen (secondary N) is 1. The standard InChI is InChI=1S/C20H24N4O3/c1-14-6-2-3-7-15(14)21-19(25)18-22-17(16-8-4-5-9-24(16)18)20(26)23-10-12-27-13-11-23/h2-3,6-7H,4-5,8-13H2,1H3,(H,21,25). The molecule has 3 heterocycles. The van der Waals surface area contributed by atoms with E-state index in [9.17, 15) is 9.59 Å². The van der Waals surface area contributed by atoms with Crippen LogP contribution in [-0.4, -0.2) is 52.6 Å². The van der Waals surface area contributed by atoms with Gasteiger partial charge in [0.2, 0.25) is 0 Å². The van der Waals surface area contributed by atoms with Crippen LogP contribution in [0, 0.1) is 6.92 Å².